The minimum Gasteiger partial charge on any atom is -0.379 e. The first kappa shape index (κ1) is 16.4. The van der Waals surface area contributed by atoms with E-state index in [9.17, 15) is 0 Å². The number of hydrogen-bond donors (Lipinski definition) is 1. The summed E-state index contributed by atoms with van der Waals surface area (Å²) in [4.78, 5) is 0. The molecule has 2 nitrogen and oxygen atoms in total. The first-order chi connectivity index (χ1) is 9.42. The van der Waals surface area contributed by atoms with Crippen LogP contribution in [0.25, 0.3) is 0 Å². The van der Waals surface area contributed by atoms with Gasteiger partial charge in [0.1, 0.15) is 0 Å². The van der Waals surface area contributed by atoms with Gasteiger partial charge in [-0.05, 0) is 31.9 Å². The van der Waals surface area contributed by atoms with Crippen molar-refractivity contribution in [2.75, 3.05) is 11.9 Å². The van der Waals surface area contributed by atoms with Gasteiger partial charge in [-0.25, -0.2) is 0 Å². The summed E-state index contributed by atoms with van der Waals surface area (Å²) >= 11 is 16.0. The second kappa shape index (κ2) is 6.43. The Labute approximate surface area is 139 Å². The lowest BCUT2D eigenvalue weighted by Crippen LogP contribution is -2.59. The molecule has 1 saturated carbocycles. The SMILES string of the molecule is CCOC1CC(Nc2c(Cl)cc(Br)cc2Cl)C1(C)CC. The maximum atomic E-state index is 6.29. The van der Waals surface area contributed by atoms with Crippen molar-refractivity contribution in [3.63, 3.8) is 0 Å². The van der Waals surface area contributed by atoms with Crippen molar-refractivity contribution < 1.29 is 4.74 Å². The average molecular weight is 381 g/mol. The van der Waals surface area contributed by atoms with Crippen molar-refractivity contribution in [2.45, 2.75) is 45.8 Å². The summed E-state index contributed by atoms with van der Waals surface area (Å²) in [7, 11) is 0. The van der Waals surface area contributed by atoms with Gasteiger partial charge in [0.25, 0.3) is 0 Å². The van der Waals surface area contributed by atoms with Crippen LogP contribution in [0.5, 0.6) is 0 Å². The van der Waals surface area contributed by atoms with Crippen LogP contribution >= 0.6 is 39.1 Å². The molecule has 1 fully saturated rings. The molecule has 0 aromatic heterocycles. The minimum atomic E-state index is 0.121. The van der Waals surface area contributed by atoms with E-state index in [2.05, 4.69) is 35.1 Å². The van der Waals surface area contributed by atoms with Gasteiger partial charge in [-0.2, -0.15) is 0 Å². The van der Waals surface area contributed by atoms with E-state index in [0.29, 0.717) is 22.2 Å². The Morgan fingerprint density at radius 3 is 2.45 bits per heavy atom. The molecule has 3 unspecified atom stereocenters. The van der Waals surface area contributed by atoms with Gasteiger partial charge < -0.3 is 10.1 Å². The number of halogens is 3. The van der Waals surface area contributed by atoms with Crippen LogP contribution in [0.3, 0.4) is 0 Å². The fourth-order valence-electron chi connectivity index (χ4n) is 2.83. The lowest BCUT2D eigenvalue weighted by molar-refractivity contribution is -0.109. The number of rotatable bonds is 5. The van der Waals surface area contributed by atoms with Gasteiger partial charge in [0.2, 0.25) is 0 Å². The van der Waals surface area contributed by atoms with Crippen LogP contribution in [0.1, 0.15) is 33.6 Å². The summed E-state index contributed by atoms with van der Waals surface area (Å²) in [6.45, 7) is 7.26. The molecule has 0 spiro atoms. The number of hydrogen-bond acceptors (Lipinski definition) is 2. The standard InChI is InChI=1S/C15H20BrCl2NO/c1-4-15(3)12(8-13(15)20-5-2)19-14-10(17)6-9(16)7-11(14)18/h6-7,12-13,19H,4-5,8H2,1-3H3. The molecule has 1 aromatic rings. The summed E-state index contributed by atoms with van der Waals surface area (Å²) in [6.07, 6.45) is 2.35. The van der Waals surface area contributed by atoms with Gasteiger partial charge in [0.05, 0.1) is 21.8 Å². The van der Waals surface area contributed by atoms with Crippen molar-refractivity contribution in [1.82, 2.24) is 0 Å². The van der Waals surface area contributed by atoms with E-state index in [1.54, 1.807) is 0 Å². The summed E-state index contributed by atoms with van der Waals surface area (Å²) in [5.41, 5.74) is 0.937. The Morgan fingerprint density at radius 2 is 1.95 bits per heavy atom. The fraction of sp³-hybridized carbons (Fsp3) is 0.600. The highest BCUT2D eigenvalue weighted by molar-refractivity contribution is 9.10. The number of anilines is 1. The quantitative estimate of drug-likeness (QED) is 0.700. The average Bonchev–Trinajstić information content (AvgIpc) is 2.39. The molecule has 5 heteroatoms. The molecule has 1 aliphatic carbocycles. The topological polar surface area (TPSA) is 21.3 Å². The van der Waals surface area contributed by atoms with E-state index in [1.807, 2.05) is 19.1 Å². The largest absolute Gasteiger partial charge is 0.379 e. The van der Waals surface area contributed by atoms with E-state index in [0.717, 1.165) is 29.6 Å². The number of ether oxygens (including phenoxy) is 1. The lowest BCUT2D eigenvalue weighted by Gasteiger charge is -2.54. The molecular weight excluding hydrogens is 361 g/mol. The van der Waals surface area contributed by atoms with E-state index in [1.165, 1.54) is 0 Å². The van der Waals surface area contributed by atoms with Crippen molar-refractivity contribution >= 4 is 44.8 Å². The predicted octanol–water partition coefficient (Wildman–Crippen LogP) is 5.76. The second-order valence-electron chi connectivity index (χ2n) is 5.48. The van der Waals surface area contributed by atoms with Crippen molar-refractivity contribution in [1.29, 1.82) is 0 Å². The van der Waals surface area contributed by atoms with E-state index >= 15 is 0 Å². The molecule has 0 bridgehead atoms. The summed E-state index contributed by atoms with van der Waals surface area (Å²) in [5, 5.41) is 4.79. The van der Waals surface area contributed by atoms with Gasteiger partial charge in [0.15, 0.2) is 0 Å². The third-order valence-electron chi connectivity index (χ3n) is 4.44. The molecule has 2 rings (SSSR count). The Balaban J connectivity index is 2.16. The third-order valence-corrected chi connectivity index (χ3v) is 5.49. The van der Waals surface area contributed by atoms with Crippen LogP contribution in [0, 0.1) is 5.41 Å². The van der Waals surface area contributed by atoms with Crippen LogP contribution < -0.4 is 5.32 Å². The number of nitrogens with one attached hydrogen (secondary N) is 1. The van der Waals surface area contributed by atoms with Crippen LogP contribution in [-0.4, -0.2) is 18.8 Å². The zero-order chi connectivity index (χ0) is 14.9. The highest BCUT2D eigenvalue weighted by atomic mass is 79.9. The molecule has 1 aliphatic rings. The van der Waals surface area contributed by atoms with E-state index in [4.69, 9.17) is 27.9 Å². The first-order valence-corrected chi connectivity index (χ1v) is 8.50. The first-order valence-electron chi connectivity index (χ1n) is 6.95. The highest BCUT2D eigenvalue weighted by Crippen LogP contribution is 2.48. The smallest absolute Gasteiger partial charge is 0.0722 e. The molecule has 0 heterocycles. The summed E-state index contributed by atoms with van der Waals surface area (Å²) in [6, 6.07) is 4.05. The van der Waals surface area contributed by atoms with Crippen molar-refractivity contribution in [3.05, 3.63) is 26.7 Å². The normalized spacial score (nSPS) is 29.1. The molecule has 0 aliphatic heterocycles. The van der Waals surface area contributed by atoms with E-state index in [-0.39, 0.29) is 5.41 Å². The molecule has 0 radical (unpaired) electrons. The van der Waals surface area contributed by atoms with Gasteiger partial charge in [-0.15, -0.1) is 0 Å². The third kappa shape index (κ3) is 2.96. The molecule has 1 N–H and O–H groups in total. The van der Waals surface area contributed by atoms with Crippen molar-refractivity contribution in [3.8, 4) is 0 Å². The van der Waals surface area contributed by atoms with Gasteiger partial charge in [-0.3, -0.25) is 0 Å². The molecule has 0 amide bonds. The highest BCUT2D eigenvalue weighted by Gasteiger charge is 2.51. The van der Waals surface area contributed by atoms with Gasteiger partial charge in [0, 0.05) is 22.5 Å². The molecule has 3 atom stereocenters. The Bertz CT molecular complexity index is 474. The fourth-order valence-corrected chi connectivity index (χ4v) is 4.15. The predicted molar refractivity (Wildman–Crippen MR) is 90.0 cm³/mol. The maximum Gasteiger partial charge on any atom is 0.0722 e. The molecule has 0 saturated heterocycles. The van der Waals surface area contributed by atoms with Crippen molar-refractivity contribution in [2.24, 2.45) is 5.41 Å². The maximum absolute atomic E-state index is 6.29. The zero-order valence-corrected chi connectivity index (χ0v) is 15.1. The van der Waals surface area contributed by atoms with Crippen LogP contribution in [0.15, 0.2) is 16.6 Å². The summed E-state index contributed by atoms with van der Waals surface area (Å²) in [5.74, 6) is 0. The van der Waals surface area contributed by atoms with Gasteiger partial charge >= 0.3 is 0 Å². The Hall–Kier alpha value is 0.0400. The molecule has 20 heavy (non-hydrogen) atoms. The lowest BCUT2D eigenvalue weighted by atomic mass is 9.61. The number of benzene rings is 1. The monoisotopic (exact) mass is 379 g/mol. The van der Waals surface area contributed by atoms with Gasteiger partial charge in [-0.1, -0.05) is 53.0 Å². The summed E-state index contributed by atoms with van der Waals surface area (Å²) < 4.78 is 6.70. The van der Waals surface area contributed by atoms with Crippen LogP contribution in [0.4, 0.5) is 5.69 Å². The Morgan fingerprint density at radius 1 is 1.35 bits per heavy atom. The zero-order valence-electron chi connectivity index (χ0n) is 12.0. The minimum absolute atomic E-state index is 0.121. The molecular formula is C15H20BrCl2NO. The van der Waals surface area contributed by atoms with E-state index < -0.39 is 0 Å². The molecule has 1 aromatic carbocycles. The Kier molecular flexibility index (Phi) is 5.28. The molecule has 112 valence electrons. The van der Waals surface area contributed by atoms with Crippen LogP contribution in [0.2, 0.25) is 10.0 Å². The van der Waals surface area contributed by atoms with Crippen LogP contribution in [-0.2, 0) is 4.74 Å². The second-order valence-corrected chi connectivity index (χ2v) is 7.21.